The lowest BCUT2D eigenvalue weighted by Gasteiger charge is -2.15. The summed E-state index contributed by atoms with van der Waals surface area (Å²) in [5.74, 6) is -0.0554. The molecule has 132 valence electrons. The predicted octanol–water partition coefficient (Wildman–Crippen LogP) is 3.56. The van der Waals surface area contributed by atoms with E-state index in [-0.39, 0.29) is 5.91 Å². The number of aromatic nitrogens is 3. The van der Waals surface area contributed by atoms with Crippen molar-refractivity contribution in [2.24, 2.45) is 0 Å². The Balaban J connectivity index is 1.75. The fourth-order valence-corrected chi connectivity index (χ4v) is 2.81. The smallest absolute Gasteiger partial charge is 0.246 e. The molecule has 0 radical (unpaired) electrons. The summed E-state index contributed by atoms with van der Waals surface area (Å²) >= 11 is 0. The Labute approximate surface area is 153 Å². The molecule has 2 heterocycles. The van der Waals surface area contributed by atoms with Gasteiger partial charge in [0, 0.05) is 43.3 Å². The van der Waals surface area contributed by atoms with Crippen molar-refractivity contribution in [2.75, 3.05) is 7.05 Å². The van der Waals surface area contributed by atoms with E-state index >= 15 is 0 Å². The summed E-state index contributed by atoms with van der Waals surface area (Å²) in [7, 11) is 1.80. The second-order valence-corrected chi connectivity index (χ2v) is 6.21. The van der Waals surface area contributed by atoms with Gasteiger partial charge in [0.05, 0.1) is 11.4 Å². The van der Waals surface area contributed by atoms with E-state index in [4.69, 9.17) is 0 Å². The van der Waals surface area contributed by atoms with Gasteiger partial charge in [0.15, 0.2) is 0 Å². The Morgan fingerprint density at radius 1 is 1.15 bits per heavy atom. The molecule has 3 aromatic rings. The van der Waals surface area contributed by atoms with Crippen LogP contribution >= 0.6 is 0 Å². The maximum atomic E-state index is 12.4. The number of likely N-dealkylation sites (N-methyl/N-ethyl adjacent to an activating group) is 1. The third-order valence-corrected chi connectivity index (χ3v) is 4.32. The number of nitrogens with zero attached hydrogens (tertiary/aromatic N) is 4. The van der Waals surface area contributed by atoms with Gasteiger partial charge in [0.25, 0.3) is 0 Å². The van der Waals surface area contributed by atoms with Crippen LogP contribution < -0.4 is 0 Å². The quantitative estimate of drug-likeness (QED) is 0.664. The van der Waals surface area contributed by atoms with Crippen molar-refractivity contribution in [2.45, 2.75) is 20.4 Å². The van der Waals surface area contributed by atoms with Gasteiger partial charge in [0.1, 0.15) is 0 Å². The number of hydrogen-bond acceptors (Lipinski definition) is 3. The van der Waals surface area contributed by atoms with Crippen molar-refractivity contribution in [3.8, 4) is 5.69 Å². The molecule has 2 aromatic heterocycles. The van der Waals surface area contributed by atoms with Crippen LogP contribution in [-0.2, 0) is 11.3 Å². The second-order valence-electron chi connectivity index (χ2n) is 6.21. The molecular weight excluding hydrogens is 324 g/mol. The van der Waals surface area contributed by atoms with Gasteiger partial charge in [0.2, 0.25) is 5.91 Å². The summed E-state index contributed by atoms with van der Waals surface area (Å²) < 4.78 is 1.93. The molecule has 0 aliphatic heterocycles. The van der Waals surface area contributed by atoms with Crippen molar-refractivity contribution in [1.82, 2.24) is 19.7 Å². The molecule has 1 amide bonds. The largest absolute Gasteiger partial charge is 0.338 e. The predicted molar refractivity (Wildman–Crippen MR) is 103 cm³/mol. The Hall–Kier alpha value is -3.21. The van der Waals surface area contributed by atoms with Crippen LogP contribution in [0.2, 0.25) is 0 Å². The fraction of sp³-hybridized carbons (Fsp3) is 0.190. The highest BCUT2D eigenvalue weighted by Crippen LogP contribution is 2.19. The van der Waals surface area contributed by atoms with E-state index in [1.807, 2.05) is 61.0 Å². The van der Waals surface area contributed by atoms with Crippen LogP contribution in [0.4, 0.5) is 0 Å². The van der Waals surface area contributed by atoms with E-state index in [1.165, 1.54) is 0 Å². The van der Waals surface area contributed by atoms with Gasteiger partial charge in [-0.25, -0.2) is 4.68 Å². The zero-order chi connectivity index (χ0) is 18.5. The lowest BCUT2D eigenvalue weighted by molar-refractivity contribution is -0.125. The Bertz CT molecular complexity index is 914. The standard InChI is InChI=1S/C21H22N4O/c1-16-20(17(2)25(23-16)19-9-5-4-6-10-19)15-24(3)21(26)12-11-18-8-7-13-22-14-18/h4-14H,15H2,1-3H3/b12-11+. The first kappa shape index (κ1) is 17.6. The molecule has 0 unspecified atom stereocenters. The maximum absolute atomic E-state index is 12.4. The molecule has 5 nitrogen and oxygen atoms in total. The zero-order valence-corrected chi connectivity index (χ0v) is 15.3. The molecule has 0 bridgehead atoms. The van der Waals surface area contributed by atoms with E-state index in [9.17, 15) is 4.79 Å². The maximum Gasteiger partial charge on any atom is 0.246 e. The van der Waals surface area contributed by atoms with Crippen LogP contribution in [0.25, 0.3) is 11.8 Å². The minimum atomic E-state index is -0.0554. The molecule has 0 aliphatic carbocycles. The minimum absolute atomic E-state index is 0.0554. The molecule has 0 spiro atoms. The molecule has 0 saturated heterocycles. The Morgan fingerprint density at radius 3 is 2.62 bits per heavy atom. The third-order valence-electron chi connectivity index (χ3n) is 4.32. The van der Waals surface area contributed by atoms with Gasteiger partial charge in [-0.2, -0.15) is 5.10 Å². The minimum Gasteiger partial charge on any atom is -0.338 e. The lowest BCUT2D eigenvalue weighted by atomic mass is 10.2. The van der Waals surface area contributed by atoms with Crippen molar-refractivity contribution >= 4 is 12.0 Å². The van der Waals surface area contributed by atoms with Gasteiger partial charge >= 0.3 is 0 Å². The topological polar surface area (TPSA) is 51.0 Å². The van der Waals surface area contributed by atoms with Gasteiger partial charge in [-0.1, -0.05) is 24.3 Å². The highest BCUT2D eigenvalue weighted by Gasteiger charge is 2.16. The molecule has 0 saturated carbocycles. The van der Waals surface area contributed by atoms with E-state index < -0.39 is 0 Å². The fourth-order valence-electron chi connectivity index (χ4n) is 2.81. The van der Waals surface area contributed by atoms with Crippen molar-refractivity contribution in [3.05, 3.63) is 83.4 Å². The normalized spacial score (nSPS) is 11.0. The number of carbonyl (C=O) groups is 1. The zero-order valence-electron chi connectivity index (χ0n) is 15.3. The van der Waals surface area contributed by atoms with Crippen molar-refractivity contribution in [3.63, 3.8) is 0 Å². The number of rotatable bonds is 5. The molecule has 3 rings (SSSR count). The number of benzene rings is 1. The number of pyridine rings is 1. The number of amides is 1. The Morgan fingerprint density at radius 2 is 1.92 bits per heavy atom. The number of aryl methyl sites for hydroxylation is 1. The molecule has 0 N–H and O–H groups in total. The van der Waals surface area contributed by atoms with Crippen LogP contribution in [0.5, 0.6) is 0 Å². The molecule has 0 atom stereocenters. The van der Waals surface area contributed by atoms with E-state index in [0.717, 1.165) is 28.2 Å². The van der Waals surface area contributed by atoms with Gasteiger partial charge in [-0.05, 0) is 43.7 Å². The monoisotopic (exact) mass is 346 g/mol. The van der Waals surface area contributed by atoms with Gasteiger partial charge in [-0.15, -0.1) is 0 Å². The van der Waals surface area contributed by atoms with E-state index in [2.05, 4.69) is 10.1 Å². The summed E-state index contributed by atoms with van der Waals surface area (Å²) in [4.78, 5) is 18.1. The second kappa shape index (κ2) is 7.78. The van der Waals surface area contributed by atoms with E-state index in [0.29, 0.717) is 6.54 Å². The summed E-state index contributed by atoms with van der Waals surface area (Å²) in [6.45, 7) is 4.53. The molecule has 0 fully saturated rings. The average Bonchev–Trinajstić information content (AvgIpc) is 2.95. The lowest BCUT2D eigenvalue weighted by Crippen LogP contribution is -2.24. The van der Waals surface area contributed by atoms with Crippen LogP contribution in [0, 0.1) is 13.8 Å². The van der Waals surface area contributed by atoms with Crippen LogP contribution in [-0.4, -0.2) is 32.6 Å². The summed E-state index contributed by atoms with van der Waals surface area (Å²) in [6, 6.07) is 13.8. The molecule has 1 aromatic carbocycles. The summed E-state index contributed by atoms with van der Waals surface area (Å²) in [5, 5.41) is 4.64. The van der Waals surface area contributed by atoms with E-state index in [1.54, 1.807) is 36.5 Å². The summed E-state index contributed by atoms with van der Waals surface area (Å²) in [5.41, 5.74) is 4.97. The average molecular weight is 346 g/mol. The number of para-hydroxylation sites is 1. The molecule has 26 heavy (non-hydrogen) atoms. The number of carbonyl (C=O) groups excluding carboxylic acids is 1. The Kier molecular flexibility index (Phi) is 5.27. The molecule has 5 heteroatoms. The first-order valence-corrected chi connectivity index (χ1v) is 8.50. The van der Waals surface area contributed by atoms with Crippen LogP contribution in [0.1, 0.15) is 22.5 Å². The first-order valence-electron chi connectivity index (χ1n) is 8.50. The summed E-state index contributed by atoms with van der Waals surface area (Å²) in [6.07, 6.45) is 6.78. The number of hydrogen-bond donors (Lipinski definition) is 0. The third kappa shape index (κ3) is 3.88. The molecular formula is C21H22N4O. The van der Waals surface area contributed by atoms with Crippen molar-refractivity contribution in [1.29, 1.82) is 0 Å². The van der Waals surface area contributed by atoms with Gasteiger partial charge < -0.3 is 4.90 Å². The van der Waals surface area contributed by atoms with Gasteiger partial charge in [-0.3, -0.25) is 9.78 Å². The first-order chi connectivity index (χ1) is 12.6. The SMILES string of the molecule is Cc1nn(-c2ccccc2)c(C)c1CN(C)C(=O)/C=C/c1cccnc1. The molecule has 0 aliphatic rings. The van der Waals surface area contributed by atoms with Crippen molar-refractivity contribution < 1.29 is 4.79 Å². The van der Waals surface area contributed by atoms with Crippen LogP contribution in [0.3, 0.4) is 0 Å². The van der Waals surface area contributed by atoms with Crippen LogP contribution in [0.15, 0.2) is 60.9 Å². The highest BCUT2D eigenvalue weighted by molar-refractivity contribution is 5.91. The highest BCUT2D eigenvalue weighted by atomic mass is 16.2.